The molecule has 2 aromatic rings. The number of piperazine rings is 1. The van der Waals surface area contributed by atoms with Crippen molar-refractivity contribution >= 4 is 23.8 Å². The zero-order valence-corrected chi connectivity index (χ0v) is 26.3. The molecule has 5 rings (SSSR count). The van der Waals surface area contributed by atoms with Gasteiger partial charge in [-0.2, -0.15) is 0 Å². The first-order valence-electron chi connectivity index (χ1n) is 16.0. The SMILES string of the molecule is COC(=O)c1ccc(COc2ccccc2CN2CCN(C(=O)CNC(=O)CC3CC4CC(C)CC(C(=O)O)(C3)C4)CC2)cc1. The van der Waals surface area contributed by atoms with Gasteiger partial charge in [0.05, 0.1) is 24.6 Å². The minimum atomic E-state index is -0.724. The highest BCUT2D eigenvalue weighted by Gasteiger charge is 2.50. The Labute approximate surface area is 265 Å². The maximum absolute atomic E-state index is 12.9. The summed E-state index contributed by atoms with van der Waals surface area (Å²) in [6.07, 6.45) is 4.16. The molecule has 1 aliphatic heterocycles. The average molecular weight is 620 g/mol. The van der Waals surface area contributed by atoms with Crippen LogP contribution in [0.1, 0.15) is 66.9 Å². The van der Waals surface area contributed by atoms with Gasteiger partial charge in [-0.05, 0) is 73.6 Å². The number of para-hydroxylation sites is 1. The second-order valence-corrected chi connectivity index (χ2v) is 13.2. The maximum atomic E-state index is 12.9. The fourth-order valence-electron chi connectivity index (χ4n) is 7.72. The smallest absolute Gasteiger partial charge is 0.337 e. The molecule has 2 aromatic carbocycles. The maximum Gasteiger partial charge on any atom is 0.337 e. The monoisotopic (exact) mass is 619 g/mol. The fraction of sp³-hybridized carbons (Fsp3) is 0.543. The molecule has 10 heteroatoms. The summed E-state index contributed by atoms with van der Waals surface area (Å²) in [6.45, 7) is 5.73. The predicted octanol–water partition coefficient (Wildman–Crippen LogP) is 4.12. The van der Waals surface area contributed by atoms with E-state index >= 15 is 0 Å². The second kappa shape index (κ2) is 14.5. The Morgan fingerprint density at radius 3 is 2.40 bits per heavy atom. The van der Waals surface area contributed by atoms with Gasteiger partial charge < -0.3 is 24.8 Å². The van der Waals surface area contributed by atoms with Gasteiger partial charge in [-0.1, -0.05) is 37.3 Å². The molecule has 3 fully saturated rings. The molecule has 3 aliphatic rings. The molecular weight excluding hydrogens is 574 g/mol. The number of carboxylic acids is 1. The summed E-state index contributed by atoms with van der Waals surface area (Å²) in [5, 5.41) is 12.8. The average Bonchev–Trinajstić information content (AvgIpc) is 3.03. The number of carboxylic acid groups (broad SMARTS) is 1. The lowest BCUT2D eigenvalue weighted by molar-refractivity contribution is -0.159. The lowest BCUT2D eigenvalue weighted by atomic mass is 9.56. The van der Waals surface area contributed by atoms with Crippen molar-refractivity contribution in [1.29, 1.82) is 0 Å². The van der Waals surface area contributed by atoms with Gasteiger partial charge in [-0.15, -0.1) is 0 Å². The molecule has 0 spiro atoms. The van der Waals surface area contributed by atoms with Crippen LogP contribution in [0.15, 0.2) is 48.5 Å². The van der Waals surface area contributed by atoms with E-state index in [1.54, 1.807) is 17.0 Å². The van der Waals surface area contributed by atoms with Crippen molar-refractivity contribution < 1.29 is 33.8 Å². The molecule has 2 saturated carbocycles. The summed E-state index contributed by atoms with van der Waals surface area (Å²) in [7, 11) is 1.36. The van der Waals surface area contributed by atoms with Crippen LogP contribution >= 0.6 is 0 Å². The van der Waals surface area contributed by atoms with Crippen LogP contribution in [0.5, 0.6) is 5.75 Å². The van der Waals surface area contributed by atoms with Crippen LogP contribution in [0.3, 0.4) is 0 Å². The van der Waals surface area contributed by atoms with E-state index in [2.05, 4.69) is 17.1 Å². The first-order chi connectivity index (χ1) is 21.6. The highest BCUT2D eigenvalue weighted by molar-refractivity contribution is 5.89. The van der Waals surface area contributed by atoms with E-state index in [4.69, 9.17) is 9.47 Å². The van der Waals surface area contributed by atoms with Crippen molar-refractivity contribution in [2.45, 2.75) is 58.6 Å². The molecule has 242 valence electrons. The number of fused-ring (bicyclic) bond motifs is 2. The molecule has 4 atom stereocenters. The third-order valence-corrected chi connectivity index (χ3v) is 9.73. The van der Waals surface area contributed by atoms with Crippen molar-refractivity contribution in [3.63, 3.8) is 0 Å². The minimum Gasteiger partial charge on any atom is -0.489 e. The Hall–Kier alpha value is -3.92. The normalized spacial score (nSPS) is 24.8. The number of nitrogens with zero attached hydrogens (tertiary/aromatic N) is 2. The van der Waals surface area contributed by atoms with Gasteiger partial charge in [0.25, 0.3) is 0 Å². The summed E-state index contributed by atoms with van der Waals surface area (Å²) in [5.41, 5.74) is 1.79. The van der Waals surface area contributed by atoms with Crippen molar-refractivity contribution in [3.05, 3.63) is 65.2 Å². The third-order valence-electron chi connectivity index (χ3n) is 9.73. The molecule has 1 heterocycles. The lowest BCUT2D eigenvalue weighted by Gasteiger charge is -2.47. The molecule has 2 bridgehead atoms. The third kappa shape index (κ3) is 8.22. The summed E-state index contributed by atoms with van der Waals surface area (Å²) >= 11 is 0. The van der Waals surface area contributed by atoms with Crippen molar-refractivity contribution in [2.75, 3.05) is 39.8 Å². The van der Waals surface area contributed by atoms with Crippen molar-refractivity contribution in [2.24, 2.45) is 23.2 Å². The van der Waals surface area contributed by atoms with E-state index in [0.29, 0.717) is 69.6 Å². The van der Waals surface area contributed by atoms with E-state index in [-0.39, 0.29) is 36.7 Å². The number of hydrogen-bond donors (Lipinski definition) is 2. The molecule has 0 aromatic heterocycles. The first kappa shape index (κ1) is 32.5. The van der Waals surface area contributed by atoms with E-state index in [9.17, 15) is 24.3 Å². The molecule has 4 unspecified atom stereocenters. The Morgan fingerprint density at radius 1 is 0.956 bits per heavy atom. The highest BCUT2D eigenvalue weighted by atomic mass is 16.5. The summed E-state index contributed by atoms with van der Waals surface area (Å²) in [6, 6.07) is 15.1. The van der Waals surface area contributed by atoms with Gasteiger partial charge in [0.1, 0.15) is 12.4 Å². The van der Waals surface area contributed by atoms with Crippen LogP contribution in [0.25, 0.3) is 0 Å². The number of methoxy groups -OCH3 is 1. The first-order valence-corrected chi connectivity index (χ1v) is 16.0. The summed E-state index contributed by atoms with van der Waals surface area (Å²) < 4.78 is 10.9. The van der Waals surface area contributed by atoms with Crippen molar-refractivity contribution in [3.8, 4) is 5.75 Å². The van der Waals surface area contributed by atoms with Crippen LogP contribution < -0.4 is 10.1 Å². The molecular formula is C35H45N3O7. The van der Waals surface area contributed by atoms with E-state index < -0.39 is 11.4 Å². The number of hydrogen-bond acceptors (Lipinski definition) is 7. The molecule has 0 radical (unpaired) electrons. The Kier molecular flexibility index (Phi) is 10.4. The van der Waals surface area contributed by atoms with Gasteiger partial charge in [-0.25, -0.2) is 4.79 Å². The molecule has 10 nitrogen and oxygen atoms in total. The van der Waals surface area contributed by atoms with Crippen molar-refractivity contribution in [1.82, 2.24) is 15.1 Å². The number of carbonyl (C=O) groups is 4. The fourth-order valence-corrected chi connectivity index (χ4v) is 7.72. The predicted molar refractivity (Wildman–Crippen MR) is 167 cm³/mol. The Bertz CT molecular complexity index is 1370. The molecule has 2 N–H and O–H groups in total. The second-order valence-electron chi connectivity index (χ2n) is 13.2. The largest absolute Gasteiger partial charge is 0.489 e. The van der Waals surface area contributed by atoms with Crippen LogP contribution in [0.4, 0.5) is 0 Å². The van der Waals surface area contributed by atoms with Gasteiger partial charge in [0, 0.05) is 44.7 Å². The Morgan fingerprint density at radius 2 is 1.69 bits per heavy atom. The van der Waals surface area contributed by atoms with Gasteiger partial charge in [-0.3, -0.25) is 19.3 Å². The zero-order chi connectivity index (χ0) is 32.0. The topological polar surface area (TPSA) is 125 Å². The quantitative estimate of drug-likeness (QED) is 0.360. The number of amides is 2. The van der Waals surface area contributed by atoms with E-state index in [1.165, 1.54) is 7.11 Å². The van der Waals surface area contributed by atoms with Gasteiger partial charge >= 0.3 is 11.9 Å². The number of ether oxygens (including phenoxy) is 2. The minimum absolute atomic E-state index is 0.0344. The number of carbonyl (C=O) groups excluding carboxylic acids is 3. The van der Waals surface area contributed by atoms with E-state index in [0.717, 1.165) is 36.1 Å². The standard InChI is InChI=1S/C35H45N3O7/c1-24-15-26-16-27(20-35(18-24,19-26)34(42)43)17-31(39)36-21-32(40)38-13-11-37(12-14-38)22-29-5-3-4-6-30(29)45-23-25-7-9-28(10-8-25)33(41)44-2/h3-10,24,26-27H,11-23H2,1-2H3,(H,36,39)(H,42,43). The number of benzene rings is 2. The number of rotatable bonds is 11. The lowest BCUT2D eigenvalue weighted by Crippen LogP contribution is -2.51. The van der Waals surface area contributed by atoms with Gasteiger partial charge in [0.15, 0.2) is 0 Å². The molecule has 45 heavy (non-hydrogen) atoms. The highest BCUT2D eigenvalue weighted by Crippen LogP contribution is 2.53. The van der Waals surface area contributed by atoms with Crippen LogP contribution in [0.2, 0.25) is 0 Å². The van der Waals surface area contributed by atoms with Crippen LogP contribution in [-0.2, 0) is 32.3 Å². The Balaban J connectivity index is 1.04. The number of nitrogens with one attached hydrogen (secondary N) is 1. The van der Waals surface area contributed by atoms with Crippen LogP contribution in [0, 0.1) is 23.2 Å². The number of aliphatic carboxylic acids is 1. The van der Waals surface area contributed by atoms with E-state index in [1.807, 2.05) is 36.4 Å². The molecule has 2 aliphatic carbocycles. The summed E-state index contributed by atoms with van der Waals surface area (Å²) in [4.78, 5) is 53.6. The van der Waals surface area contributed by atoms with Gasteiger partial charge in [0.2, 0.25) is 11.8 Å². The number of esters is 1. The zero-order valence-electron chi connectivity index (χ0n) is 26.3. The van der Waals surface area contributed by atoms with Crippen LogP contribution in [-0.4, -0.2) is 78.5 Å². The molecule has 1 saturated heterocycles. The molecule has 2 amide bonds. The summed E-state index contributed by atoms with van der Waals surface area (Å²) in [5.74, 6) is 0.241.